The third kappa shape index (κ3) is 4.72. The van der Waals surface area contributed by atoms with E-state index in [9.17, 15) is 13.2 Å². The number of alkyl halides is 3. The van der Waals surface area contributed by atoms with Crippen LogP contribution in [0.1, 0.15) is 50.7 Å². The van der Waals surface area contributed by atoms with Crippen molar-refractivity contribution in [2.24, 2.45) is 0 Å². The first-order valence-corrected chi connectivity index (χ1v) is 6.35. The molecule has 104 valence electrons. The highest BCUT2D eigenvalue weighted by Gasteiger charge is 2.39. The van der Waals surface area contributed by atoms with Gasteiger partial charge in [0.25, 0.3) is 0 Å². The van der Waals surface area contributed by atoms with Gasteiger partial charge in [0.1, 0.15) is 0 Å². The lowest BCUT2D eigenvalue weighted by molar-refractivity contribution is -0.206. The molecule has 0 saturated carbocycles. The zero-order chi connectivity index (χ0) is 13.6. The summed E-state index contributed by atoms with van der Waals surface area (Å²) >= 11 is 0. The Hall–Kier alpha value is -0.970. The van der Waals surface area contributed by atoms with Gasteiger partial charge in [0.05, 0.1) is 0 Å². The quantitative estimate of drug-likeness (QED) is 0.737. The Balaban J connectivity index is 2.39. The van der Waals surface area contributed by atoms with Crippen molar-refractivity contribution in [2.75, 3.05) is 0 Å². The fourth-order valence-corrected chi connectivity index (χ4v) is 1.85. The van der Waals surface area contributed by atoms with Crippen molar-refractivity contribution in [1.29, 1.82) is 0 Å². The largest absolute Gasteiger partial charge is 0.418 e. The number of halogens is 3. The van der Waals surface area contributed by atoms with Crippen LogP contribution in [-0.2, 0) is 6.54 Å². The first kappa shape index (κ1) is 15.1. The second-order valence-corrected chi connectivity index (χ2v) is 4.54. The molecule has 0 radical (unpaired) electrons. The van der Waals surface area contributed by atoms with E-state index in [1.165, 1.54) is 25.1 Å². The molecule has 1 atom stereocenters. The van der Waals surface area contributed by atoms with Gasteiger partial charge in [-0.05, 0) is 12.5 Å². The normalized spacial score (nSPS) is 13.8. The van der Waals surface area contributed by atoms with Gasteiger partial charge in [-0.3, -0.25) is 0 Å². The van der Waals surface area contributed by atoms with Crippen LogP contribution >= 0.6 is 0 Å². The summed E-state index contributed by atoms with van der Waals surface area (Å²) in [6, 6.07) is 1.32. The lowest BCUT2D eigenvalue weighted by atomic mass is 10.1. The Labute approximate surface area is 105 Å². The summed E-state index contributed by atoms with van der Waals surface area (Å²) in [5.74, 6) is 0. The van der Waals surface area contributed by atoms with E-state index in [-0.39, 0.29) is 5.56 Å². The summed E-state index contributed by atoms with van der Waals surface area (Å²) in [6.07, 6.45) is 1.57. The molecule has 0 fully saturated rings. The second-order valence-electron chi connectivity index (χ2n) is 4.54. The molecule has 18 heavy (non-hydrogen) atoms. The molecular formula is C13H20F3NO. The average Bonchev–Trinajstić information content (AvgIpc) is 2.75. The fourth-order valence-electron chi connectivity index (χ4n) is 1.85. The summed E-state index contributed by atoms with van der Waals surface area (Å²) in [6.45, 7) is 2.84. The van der Waals surface area contributed by atoms with Crippen molar-refractivity contribution in [2.45, 2.75) is 57.9 Å². The topological polar surface area (TPSA) is 25.2 Å². The zero-order valence-electron chi connectivity index (χ0n) is 10.6. The highest BCUT2D eigenvalue weighted by Crippen LogP contribution is 2.32. The maximum atomic E-state index is 12.3. The van der Waals surface area contributed by atoms with Gasteiger partial charge in [0, 0.05) is 24.5 Å². The van der Waals surface area contributed by atoms with E-state index in [1.54, 1.807) is 10.8 Å². The third-order valence-corrected chi connectivity index (χ3v) is 2.92. The van der Waals surface area contributed by atoms with Gasteiger partial charge in [-0.15, -0.1) is 0 Å². The van der Waals surface area contributed by atoms with Crippen molar-refractivity contribution in [1.82, 2.24) is 4.57 Å². The zero-order valence-corrected chi connectivity index (χ0v) is 10.6. The molecule has 1 N–H and O–H groups in total. The Morgan fingerprint density at radius 2 is 1.89 bits per heavy atom. The Morgan fingerprint density at radius 3 is 2.50 bits per heavy atom. The smallest absolute Gasteiger partial charge is 0.379 e. The van der Waals surface area contributed by atoms with Crippen molar-refractivity contribution in [3.63, 3.8) is 0 Å². The molecule has 1 aromatic heterocycles. The summed E-state index contributed by atoms with van der Waals surface area (Å²) in [4.78, 5) is 0. The molecule has 5 heteroatoms. The summed E-state index contributed by atoms with van der Waals surface area (Å²) in [5.41, 5.74) is -0.0870. The number of aryl methyl sites for hydroxylation is 1. The minimum atomic E-state index is -4.59. The van der Waals surface area contributed by atoms with E-state index in [2.05, 4.69) is 6.92 Å². The highest BCUT2D eigenvalue weighted by atomic mass is 19.4. The minimum Gasteiger partial charge on any atom is -0.379 e. The number of aliphatic hydroxyl groups is 1. The van der Waals surface area contributed by atoms with Crippen molar-refractivity contribution in [3.8, 4) is 0 Å². The van der Waals surface area contributed by atoms with Gasteiger partial charge in [0.2, 0.25) is 0 Å². The van der Waals surface area contributed by atoms with Crippen LogP contribution in [0.5, 0.6) is 0 Å². The lowest BCUT2D eigenvalue weighted by Gasteiger charge is -2.12. The van der Waals surface area contributed by atoms with Gasteiger partial charge in [-0.2, -0.15) is 13.2 Å². The predicted molar refractivity (Wildman–Crippen MR) is 64.2 cm³/mol. The molecular weight excluding hydrogens is 243 g/mol. The van der Waals surface area contributed by atoms with E-state index >= 15 is 0 Å². The lowest BCUT2D eigenvalue weighted by Crippen LogP contribution is -2.19. The first-order valence-electron chi connectivity index (χ1n) is 6.35. The SMILES string of the molecule is CCCCCCCn1ccc(C(O)C(F)(F)F)c1. The number of unbranched alkanes of at least 4 members (excludes halogenated alkanes) is 4. The molecule has 0 aliphatic heterocycles. The molecule has 1 heterocycles. The molecule has 0 aliphatic rings. The van der Waals surface area contributed by atoms with Gasteiger partial charge in [-0.1, -0.05) is 32.6 Å². The molecule has 0 aromatic carbocycles. The van der Waals surface area contributed by atoms with Gasteiger partial charge >= 0.3 is 6.18 Å². The van der Waals surface area contributed by atoms with Gasteiger partial charge in [-0.25, -0.2) is 0 Å². The third-order valence-electron chi connectivity index (χ3n) is 2.92. The molecule has 1 rings (SSSR count). The number of aliphatic hydroxyl groups excluding tert-OH is 1. The van der Waals surface area contributed by atoms with Crippen LogP contribution in [0, 0.1) is 0 Å². The van der Waals surface area contributed by atoms with Crippen LogP contribution in [0.3, 0.4) is 0 Å². The Kier molecular flexibility index (Phi) is 5.72. The van der Waals surface area contributed by atoms with E-state index in [0.717, 1.165) is 19.3 Å². The van der Waals surface area contributed by atoms with Gasteiger partial charge < -0.3 is 9.67 Å². The number of hydrogen-bond acceptors (Lipinski definition) is 1. The molecule has 0 aliphatic carbocycles. The standard InChI is InChI=1S/C13H20F3NO/c1-2-3-4-5-6-8-17-9-7-11(10-17)12(18)13(14,15)16/h7,9-10,12,18H,2-6,8H2,1H3. The van der Waals surface area contributed by atoms with E-state index in [0.29, 0.717) is 6.54 Å². The number of nitrogens with zero attached hydrogens (tertiary/aromatic N) is 1. The molecule has 0 amide bonds. The number of aromatic nitrogens is 1. The molecule has 1 aromatic rings. The molecule has 2 nitrogen and oxygen atoms in total. The van der Waals surface area contributed by atoms with Crippen LogP contribution in [0.15, 0.2) is 18.5 Å². The van der Waals surface area contributed by atoms with Crippen molar-refractivity contribution >= 4 is 0 Å². The van der Waals surface area contributed by atoms with Crippen molar-refractivity contribution in [3.05, 3.63) is 24.0 Å². The van der Waals surface area contributed by atoms with Crippen LogP contribution in [0.25, 0.3) is 0 Å². The fraction of sp³-hybridized carbons (Fsp3) is 0.692. The first-order chi connectivity index (χ1) is 8.45. The van der Waals surface area contributed by atoms with Crippen LogP contribution < -0.4 is 0 Å². The number of hydrogen-bond donors (Lipinski definition) is 1. The maximum absolute atomic E-state index is 12.3. The van der Waals surface area contributed by atoms with E-state index < -0.39 is 12.3 Å². The summed E-state index contributed by atoms with van der Waals surface area (Å²) in [5, 5.41) is 9.07. The van der Waals surface area contributed by atoms with E-state index in [4.69, 9.17) is 5.11 Å². The van der Waals surface area contributed by atoms with Crippen LogP contribution in [0.4, 0.5) is 13.2 Å². The molecule has 0 spiro atoms. The Bertz CT molecular complexity index is 346. The molecule has 0 bridgehead atoms. The van der Waals surface area contributed by atoms with Gasteiger partial charge in [0.15, 0.2) is 6.10 Å². The van der Waals surface area contributed by atoms with Crippen LogP contribution in [-0.4, -0.2) is 15.8 Å². The Morgan fingerprint density at radius 1 is 1.22 bits per heavy atom. The van der Waals surface area contributed by atoms with Crippen molar-refractivity contribution < 1.29 is 18.3 Å². The number of rotatable bonds is 7. The monoisotopic (exact) mass is 263 g/mol. The minimum absolute atomic E-state index is 0.0870. The van der Waals surface area contributed by atoms with Crippen LogP contribution in [0.2, 0.25) is 0 Å². The van der Waals surface area contributed by atoms with E-state index in [1.807, 2.05) is 0 Å². The predicted octanol–water partition coefficient (Wildman–Crippen LogP) is 4.05. The average molecular weight is 263 g/mol. The molecule has 0 saturated heterocycles. The second kappa shape index (κ2) is 6.83. The summed E-state index contributed by atoms with van der Waals surface area (Å²) in [7, 11) is 0. The molecule has 1 unspecified atom stereocenters. The maximum Gasteiger partial charge on any atom is 0.418 e. The highest BCUT2D eigenvalue weighted by molar-refractivity contribution is 5.15. The summed E-state index contributed by atoms with van der Waals surface area (Å²) < 4.78 is 38.5.